The van der Waals surface area contributed by atoms with E-state index >= 15 is 0 Å². The van der Waals surface area contributed by atoms with Crippen molar-refractivity contribution in [2.24, 2.45) is 7.05 Å². The van der Waals surface area contributed by atoms with Crippen LogP contribution in [0, 0.1) is 12.7 Å². The quantitative estimate of drug-likeness (QED) is 0.554. The third-order valence-corrected chi connectivity index (χ3v) is 5.35. The van der Waals surface area contributed by atoms with E-state index in [0.717, 1.165) is 21.7 Å². The number of carboxylic acids is 1. The Morgan fingerprint density at radius 3 is 2.61 bits per heavy atom. The fraction of sp³-hybridized carbons (Fsp3) is 0.100. The molecule has 3 heterocycles. The largest absolute Gasteiger partial charge is 0.476 e. The van der Waals surface area contributed by atoms with Gasteiger partial charge in [-0.2, -0.15) is 5.10 Å². The van der Waals surface area contributed by atoms with Crippen LogP contribution in [0.15, 0.2) is 48.2 Å². The maximum absolute atomic E-state index is 14.5. The molecule has 3 aromatic heterocycles. The van der Waals surface area contributed by atoms with Gasteiger partial charge in [-0.25, -0.2) is 14.2 Å². The van der Waals surface area contributed by atoms with Crippen molar-refractivity contribution in [3.63, 3.8) is 0 Å². The monoisotopic (exact) mass is 394 g/mol. The lowest BCUT2D eigenvalue weighted by atomic mass is 9.92. The van der Waals surface area contributed by atoms with Crippen LogP contribution in [-0.2, 0) is 7.05 Å². The third-order valence-electron chi connectivity index (χ3n) is 4.52. The number of halogens is 1. The molecule has 0 atom stereocenters. The Kier molecular flexibility index (Phi) is 4.48. The van der Waals surface area contributed by atoms with Crippen molar-refractivity contribution in [1.29, 1.82) is 0 Å². The number of pyridine rings is 1. The van der Waals surface area contributed by atoms with Crippen LogP contribution in [-0.4, -0.2) is 30.8 Å². The smallest absolute Gasteiger partial charge is 0.356 e. The Hall–Kier alpha value is -3.39. The first kappa shape index (κ1) is 18.0. The van der Waals surface area contributed by atoms with Gasteiger partial charge in [-0.1, -0.05) is 0 Å². The van der Waals surface area contributed by atoms with Gasteiger partial charge in [-0.05, 0) is 42.3 Å². The molecule has 0 aliphatic heterocycles. The number of rotatable bonds is 4. The first-order valence-electron chi connectivity index (χ1n) is 8.38. The fourth-order valence-corrected chi connectivity index (χ4v) is 3.79. The van der Waals surface area contributed by atoms with Gasteiger partial charge < -0.3 is 5.11 Å². The highest BCUT2D eigenvalue weighted by molar-refractivity contribution is 7.13. The highest BCUT2D eigenvalue weighted by Gasteiger charge is 2.19. The van der Waals surface area contributed by atoms with E-state index < -0.39 is 11.8 Å². The second-order valence-corrected chi connectivity index (χ2v) is 7.13. The van der Waals surface area contributed by atoms with E-state index in [9.17, 15) is 14.3 Å². The van der Waals surface area contributed by atoms with Crippen LogP contribution in [0.5, 0.6) is 0 Å². The Morgan fingerprint density at radius 1 is 1.18 bits per heavy atom. The van der Waals surface area contributed by atoms with Crippen LogP contribution in [0.2, 0.25) is 0 Å². The lowest BCUT2D eigenvalue weighted by Gasteiger charge is -2.15. The van der Waals surface area contributed by atoms with Crippen molar-refractivity contribution in [3.05, 3.63) is 65.3 Å². The minimum absolute atomic E-state index is 0.0480. The van der Waals surface area contributed by atoms with Gasteiger partial charge in [0, 0.05) is 41.5 Å². The second kappa shape index (κ2) is 6.97. The summed E-state index contributed by atoms with van der Waals surface area (Å²) in [5.74, 6) is -1.53. The molecule has 8 heteroatoms. The summed E-state index contributed by atoms with van der Waals surface area (Å²) in [5, 5.41) is 16.0. The number of carboxylic acid groups (broad SMARTS) is 1. The molecule has 4 rings (SSSR count). The standard InChI is InChI=1S/C20H15FN4O2S/c1-11-14(13-3-4-22-10-16(13)21)7-12(19-23-5-6-28-19)8-15(11)18-9-17(20(26)27)24-25(18)2/h3-10H,1-2H3,(H,26,27). The lowest BCUT2D eigenvalue weighted by Crippen LogP contribution is -2.00. The van der Waals surface area contributed by atoms with Crippen molar-refractivity contribution in [2.45, 2.75) is 6.92 Å². The molecule has 28 heavy (non-hydrogen) atoms. The maximum atomic E-state index is 14.5. The number of hydrogen-bond donors (Lipinski definition) is 1. The number of nitrogens with zero attached hydrogens (tertiary/aromatic N) is 4. The van der Waals surface area contributed by atoms with Gasteiger partial charge >= 0.3 is 5.97 Å². The molecular formula is C20H15FN4O2S. The average molecular weight is 394 g/mol. The van der Waals surface area contributed by atoms with Crippen LogP contribution in [0.4, 0.5) is 4.39 Å². The van der Waals surface area contributed by atoms with E-state index in [1.54, 1.807) is 25.5 Å². The first-order chi connectivity index (χ1) is 13.5. The highest BCUT2D eigenvalue weighted by Crippen LogP contribution is 2.38. The van der Waals surface area contributed by atoms with Gasteiger partial charge in [0.1, 0.15) is 10.8 Å². The minimum atomic E-state index is -1.10. The van der Waals surface area contributed by atoms with Crippen LogP contribution in [0.3, 0.4) is 0 Å². The molecule has 0 bridgehead atoms. The molecule has 0 saturated heterocycles. The summed E-state index contributed by atoms with van der Waals surface area (Å²) < 4.78 is 16.0. The summed E-state index contributed by atoms with van der Waals surface area (Å²) in [6.07, 6.45) is 4.43. The zero-order valence-electron chi connectivity index (χ0n) is 15.0. The van der Waals surface area contributed by atoms with Crippen molar-refractivity contribution in [3.8, 4) is 33.0 Å². The van der Waals surface area contributed by atoms with E-state index in [4.69, 9.17) is 0 Å². The predicted molar refractivity (Wildman–Crippen MR) is 105 cm³/mol. The van der Waals surface area contributed by atoms with Gasteiger partial charge in [-0.15, -0.1) is 11.3 Å². The number of carbonyl (C=O) groups is 1. The summed E-state index contributed by atoms with van der Waals surface area (Å²) >= 11 is 1.47. The van der Waals surface area contributed by atoms with E-state index in [1.165, 1.54) is 28.3 Å². The Labute approximate surface area is 164 Å². The van der Waals surface area contributed by atoms with Crippen LogP contribution < -0.4 is 0 Å². The molecule has 0 aliphatic rings. The summed E-state index contributed by atoms with van der Waals surface area (Å²) in [6, 6.07) is 6.96. The number of hydrogen-bond acceptors (Lipinski definition) is 5. The van der Waals surface area contributed by atoms with Gasteiger partial charge in [0.05, 0.1) is 11.9 Å². The number of thiazole rings is 1. The van der Waals surface area contributed by atoms with Crippen LogP contribution >= 0.6 is 11.3 Å². The molecule has 4 aromatic rings. The second-order valence-electron chi connectivity index (χ2n) is 6.23. The number of aromatic carboxylic acids is 1. The van der Waals surface area contributed by atoms with Gasteiger partial charge in [0.2, 0.25) is 0 Å². The van der Waals surface area contributed by atoms with E-state index in [2.05, 4.69) is 15.1 Å². The summed E-state index contributed by atoms with van der Waals surface area (Å²) in [5.41, 5.74) is 4.09. The van der Waals surface area contributed by atoms with Gasteiger partial charge in [-0.3, -0.25) is 9.67 Å². The molecule has 0 spiro atoms. The van der Waals surface area contributed by atoms with Crippen molar-refractivity contribution < 1.29 is 14.3 Å². The summed E-state index contributed by atoms with van der Waals surface area (Å²) in [6.45, 7) is 1.88. The van der Waals surface area contributed by atoms with Crippen LogP contribution in [0.1, 0.15) is 16.1 Å². The third kappa shape index (κ3) is 3.07. The molecular weight excluding hydrogens is 379 g/mol. The molecule has 6 nitrogen and oxygen atoms in total. The minimum Gasteiger partial charge on any atom is -0.476 e. The van der Waals surface area contributed by atoms with E-state index in [0.29, 0.717) is 16.8 Å². The number of benzene rings is 1. The van der Waals surface area contributed by atoms with Gasteiger partial charge in [0.25, 0.3) is 0 Å². The van der Waals surface area contributed by atoms with Crippen molar-refractivity contribution >= 4 is 17.3 Å². The molecule has 140 valence electrons. The van der Waals surface area contributed by atoms with Crippen molar-refractivity contribution in [2.75, 3.05) is 0 Å². The molecule has 0 amide bonds. The molecule has 0 saturated carbocycles. The fourth-order valence-electron chi connectivity index (χ4n) is 3.17. The topological polar surface area (TPSA) is 80.9 Å². The molecule has 0 aliphatic carbocycles. The molecule has 0 fully saturated rings. The SMILES string of the molecule is Cc1c(-c2ccncc2F)cc(-c2nccs2)cc1-c1cc(C(=O)O)nn1C. The molecule has 0 unspecified atom stereocenters. The van der Waals surface area contributed by atoms with E-state index in [-0.39, 0.29) is 5.69 Å². The Balaban J connectivity index is 2.01. The zero-order chi connectivity index (χ0) is 19.8. The molecule has 0 radical (unpaired) electrons. The first-order valence-corrected chi connectivity index (χ1v) is 9.25. The van der Waals surface area contributed by atoms with Crippen molar-refractivity contribution in [1.82, 2.24) is 19.7 Å². The lowest BCUT2D eigenvalue weighted by molar-refractivity contribution is 0.0689. The average Bonchev–Trinajstić information content (AvgIpc) is 3.33. The molecule has 1 aromatic carbocycles. The normalized spacial score (nSPS) is 11.0. The predicted octanol–water partition coefficient (Wildman–Crippen LogP) is 4.42. The Morgan fingerprint density at radius 2 is 1.96 bits per heavy atom. The highest BCUT2D eigenvalue weighted by atomic mass is 32.1. The van der Waals surface area contributed by atoms with Crippen LogP contribution in [0.25, 0.3) is 33.0 Å². The molecule has 1 N–H and O–H groups in total. The Bertz CT molecular complexity index is 1190. The van der Waals surface area contributed by atoms with E-state index in [1.807, 2.05) is 24.4 Å². The van der Waals surface area contributed by atoms with Gasteiger partial charge in [0.15, 0.2) is 5.69 Å². The number of aryl methyl sites for hydroxylation is 1. The summed E-state index contributed by atoms with van der Waals surface area (Å²) in [4.78, 5) is 19.5. The summed E-state index contributed by atoms with van der Waals surface area (Å²) in [7, 11) is 1.68. The number of aromatic nitrogens is 4. The maximum Gasteiger partial charge on any atom is 0.356 e. The zero-order valence-corrected chi connectivity index (χ0v) is 15.9.